The number of aromatic nitrogens is 3. The van der Waals surface area contributed by atoms with E-state index in [2.05, 4.69) is 10.1 Å². The SMILES string of the molecule is Cn1[nH]cc2c(-c3ccc(O)cc3)c3oc4cc(=O)cc(O)c4c3nc21. The van der Waals surface area contributed by atoms with Crippen LogP contribution in [0.2, 0.25) is 0 Å². The van der Waals surface area contributed by atoms with Crippen LogP contribution in [0.25, 0.3) is 44.2 Å². The summed E-state index contributed by atoms with van der Waals surface area (Å²) in [6, 6.07) is 9.24. The first-order valence-corrected chi connectivity index (χ1v) is 7.95. The first-order valence-electron chi connectivity index (χ1n) is 7.95. The molecular formula is C19H13N3O4. The molecule has 0 spiro atoms. The third-order valence-corrected chi connectivity index (χ3v) is 4.55. The molecule has 0 saturated carbocycles. The Balaban J connectivity index is 2.04. The number of phenolic OH excluding ortho intramolecular Hbond substituents is 2. The molecule has 3 aromatic heterocycles. The summed E-state index contributed by atoms with van der Waals surface area (Å²) in [5, 5.41) is 24.2. The van der Waals surface area contributed by atoms with Gasteiger partial charge in [-0.25, -0.2) is 4.98 Å². The zero-order valence-electron chi connectivity index (χ0n) is 13.6. The maximum atomic E-state index is 11.7. The van der Waals surface area contributed by atoms with Gasteiger partial charge in [0.25, 0.3) is 0 Å². The highest BCUT2D eigenvalue weighted by molar-refractivity contribution is 6.15. The predicted octanol–water partition coefficient (Wildman–Crippen LogP) is 3.24. The van der Waals surface area contributed by atoms with Crippen LogP contribution in [0, 0.1) is 0 Å². The van der Waals surface area contributed by atoms with E-state index >= 15 is 0 Å². The number of nitrogens with one attached hydrogen (secondary N) is 1. The van der Waals surface area contributed by atoms with Crippen LogP contribution in [-0.4, -0.2) is 25.0 Å². The quantitative estimate of drug-likeness (QED) is 0.432. The molecular weight excluding hydrogens is 334 g/mol. The maximum absolute atomic E-state index is 11.7. The predicted molar refractivity (Wildman–Crippen MR) is 97.4 cm³/mol. The average molecular weight is 347 g/mol. The molecule has 0 amide bonds. The first kappa shape index (κ1) is 14.6. The number of phenols is 2. The summed E-state index contributed by atoms with van der Waals surface area (Å²) >= 11 is 0. The van der Waals surface area contributed by atoms with Gasteiger partial charge in [0, 0.05) is 36.3 Å². The fourth-order valence-corrected chi connectivity index (χ4v) is 3.37. The number of pyridine rings is 1. The topological polar surface area (TPSA) is 104 Å². The number of furan rings is 1. The molecule has 2 aromatic carbocycles. The van der Waals surface area contributed by atoms with Crippen LogP contribution in [0.4, 0.5) is 0 Å². The van der Waals surface area contributed by atoms with Crippen molar-refractivity contribution in [2.24, 2.45) is 7.05 Å². The minimum atomic E-state index is -0.335. The molecule has 0 aliphatic rings. The number of aryl methyl sites for hydroxylation is 1. The van der Waals surface area contributed by atoms with Gasteiger partial charge in [0.1, 0.15) is 22.6 Å². The lowest BCUT2D eigenvalue weighted by atomic mass is 10.0. The number of rotatable bonds is 1. The van der Waals surface area contributed by atoms with Crippen LogP contribution in [0.1, 0.15) is 0 Å². The highest BCUT2D eigenvalue weighted by atomic mass is 16.3. The van der Waals surface area contributed by atoms with Gasteiger partial charge in [0.15, 0.2) is 16.7 Å². The largest absolute Gasteiger partial charge is 0.508 e. The van der Waals surface area contributed by atoms with Crippen molar-refractivity contribution in [1.82, 2.24) is 14.8 Å². The summed E-state index contributed by atoms with van der Waals surface area (Å²) in [5.74, 6) is 0.00103. The molecule has 0 saturated heterocycles. The van der Waals surface area contributed by atoms with Crippen LogP contribution < -0.4 is 5.43 Å². The first-order chi connectivity index (χ1) is 12.5. The Bertz CT molecular complexity index is 1370. The monoisotopic (exact) mass is 347 g/mol. The van der Waals surface area contributed by atoms with Gasteiger partial charge >= 0.3 is 0 Å². The second-order valence-electron chi connectivity index (χ2n) is 6.20. The Morgan fingerprint density at radius 1 is 1.15 bits per heavy atom. The number of hydrogen-bond acceptors (Lipinski definition) is 5. The molecule has 3 heterocycles. The Morgan fingerprint density at radius 3 is 2.69 bits per heavy atom. The van der Waals surface area contributed by atoms with Gasteiger partial charge in [-0.15, -0.1) is 0 Å². The van der Waals surface area contributed by atoms with Gasteiger partial charge in [0.2, 0.25) is 0 Å². The van der Waals surface area contributed by atoms with E-state index in [1.54, 1.807) is 28.9 Å². The van der Waals surface area contributed by atoms with Crippen molar-refractivity contribution in [2.75, 3.05) is 0 Å². The van der Waals surface area contributed by atoms with E-state index in [0.29, 0.717) is 22.1 Å². The van der Waals surface area contributed by atoms with Crippen molar-refractivity contribution >= 4 is 33.1 Å². The second kappa shape index (κ2) is 4.89. The van der Waals surface area contributed by atoms with E-state index in [0.717, 1.165) is 22.6 Å². The van der Waals surface area contributed by atoms with Crippen molar-refractivity contribution < 1.29 is 14.6 Å². The normalized spacial score (nSPS) is 11.7. The van der Waals surface area contributed by atoms with Crippen molar-refractivity contribution in [3.8, 4) is 22.6 Å². The molecule has 0 radical (unpaired) electrons. The van der Waals surface area contributed by atoms with E-state index in [4.69, 9.17) is 4.42 Å². The second-order valence-corrected chi connectivity index (χ2v) is 6.20. The van der Waals surface area contributed by atoms with Gasteiger partial charge < -0.3 is 19.7 Å². The summed E-state index contributed by atoms with van der Waals surface area (Å²) in [4.78, 5) is 16.4. The number of aromatic hydroxyl groups is 2. The molecule has 5 rings (SSSR count). The third kappa shape index (κ3) is 1.88. The number of benzene rings is 2. The van der Waals surface area contributed by atoms with Gasteiger partial charge in [-0.3, -0.25) is 9.48 Å². The zero-order valence-corrected chi connectivity index (χ0v) is 13.6. The van der Waals surface area contributed by atoms with Crippen LogP contribution in [0.15, 0.2) is 51.8 Å². The third-order valence-electron chi connectivity index (χ3n) is 4.55. The van der Waals surface area contributed by atoms with Gasteiger partial charge in [-0.05, 0) is 17.7 Å². The van der Waals surface area contributed by atoms with Crippen molar-refractivity contribution in [3.05, 3.63) is 52.8 Å². The molecule has 7 nitrogen and oxygen atoms in total. The lowest BCUT2D eigenvalue weighted by Crippen LogP contribution is -1.94. The zero-order chi connectivity index (χ0) is 18.0. The van der Waals surface area contributed by atoms with Gasteiger partial charge in [-0.2, -0.15) is 0 Å². The molecule has 0 atom stereocenters. The van der Waals surface area contributed by atoms with Crippen LogP contribution >= 0.6 is 0 Å². The standard InChI is InChI=1S/C19H13N3O4/c1-22-19-12(8-20-22)15(9-2-4-10(23)5-3-9)18-17(21-19)16-13(25)6-11(24)7-14(16)26-18/h2-8,20,23,25H,1H3. The van der Waals surface area contributed by atoms with Gasteiger partial charge in [-0.1, -0.05) is 12.1 Å². The number of hydrogen-bond donors (Lipinski definition) is 3. The molecule has 0 unspecified atom stereocenters. The number of H-pyrrole nitrogens is 1. The fourth-order valence-electron chi connectivity index (χ4n) is 3.37. The number of fused-ring (bicyclic) bond motifs is 4. The summed E-state index contributed by atoms with van der Waals surface area (Å²) in [5.41, 5.74) is 3.16. The summed E-state index contributed by atoms with van der Waals surface area (Å²) in [7, 11) is 1.83. The molecule has 0 aliphatic carbocycles. The molecule has 0 aliphatic heterocycles. The minimum absolute atomic E-state index is 0.159. The lowest BCUT2D eigenvalue weighted by Gasteiger charge is -2.05. The Hall–Kier alpha value is -3.74. The highest BCUT2D eigenvalue weighted by Gasteiger charge is 2.21. The van der Waals surface area contributed by atoms with E-state index < -0.39 is 0 Å². The van der Waals surface area contributed by atoms with E-state index in [1.807, 2.05) is 13.2 Å². The average Bonchev–Trinajstić information content (AvgIpc) is 3.14. The van der Waals surface area contributed by atoms with Gasteiger partial charge in [0.05, 0.1) is 5.39 Å². The lowest BCUT2D eigenvalue weighted by molar-refractivity contribution is 0.475. The summed E-state index contributed by atoms with van der Waals surface area (Å²) in [6.45, 7) is 0. The number of nitrogens with zero attached hydrogens (tertiary/aromatic N) is 2. The molecule has 7 heteroatoms. The van der Waals surface area contributed by atoms with Crippen molar-refractivity contribution in [3.63, 3.8) is 0 Å². The van der Waals surface area contributed by atoms with Crippen LogP contribution in [0.3, 0.4) is 0 Å². The molecule has 0 bridgehead atoms. The molecule has 3 N–H and O–H groups in total. The maximum Gasteiger partial charge on any atom is 0.186 e. The Kier molecular flexibility index (Phi) is 2.74. The highest BCUT2D eigenvalue weighted by Crippen LogP contribution is 2.41. The van der Waals surface area contributed by atoms with Crippen LogP contribution in [-0.2, 0) is 7.05 Å². The Labute approximate surface area is 145 Å². The van der Waals surface area contributed by atoms with Crippen molar-refractivity contribution in [2.45, 2.75) is 0 Å². The summed E-state index contributed by atoms with van der Waals surface area (Å²) < 4.78 is 7.70. The molecule has 5 aromatic rings. The number of aromatic amines is 1. The molecule has 0 fully saturated rings. The Morgan fingerprint density at radius 2 is 1.92 bits per heavy atom. The molecule has 128 valence electrons. The van der Waals surface area contributed by atoms with E-state index in [1.165, 1.54) is 6.07 Å². The fraction of sp³-hybridized carbons (Fsp3) is 0.0526. The summed E-state index contributed by atoms with van der Waals surface area (Å²) in [6.07, 6.45) is 1.82. The smallest absolute Gasteiger partial charge is 0.186 e. The van der Waals surface area contributed by atoms with E-state index in [-0.39, 0.29) is 22.5 Å². The molecule has 26 heavy (non-hydrogen) atoms. The van der Waals surface area contributed by atoms with Crippen LogP contribution in [0.5, 0.6) is 11.5 Å². The van der Waals surface area contributed by atoms with E-state index in [9.17, 15) is 15.0 Å². The minimum Gasteiger partial charge on any atom is -0.508 e. The van der Waals surface area contributed by atoms with Crippen molar-refractivity contribution in [1.29, 1.82) is 0 Å².